The van der Waals surface area contributed by atoms with Crippen molar-refractivity contribution < 1.29 is 14.3 Å². The maximum Gasteiger partial charge on any atom is 0.328 e. The molecule has 5 heteroatoms. The van der Waals surface area contributed by atoms with Crippen LogP contribution in [0.3, 0.4) is 0 Å². The molecule has 0 radical (unpaired) electrons. The average molecular weight is 297 g/mol. The zero-order valence-electron chi connectivity index (χ0n) is 12.0. The summed E-state index contributed by atoms with van der Waals surface area (Å²) in [5.74, 6) is -0.560. The molecule has 1 aromatic carbocycles. The van der Waals surface area contributed by atoms with Crippen LogP contribution in [0.25, 0.3) is 6.08 Å². The van der Waals surface area contributed by atoms with E-state index in [1.165, 1.54) is 12.1 Å². The molecule has 0 amide bonds. The van der Waals surface area contributed by atoms with E-state index < -0.39 is 11.8 Å². The zero-order valence-corrected chi connectivity index (χ0v) is 12.8. The Morgan fingerprint density at radius 1 is 1.55 bits per heavy atom. The predicted octanol–water partition coefficient (Wildman–Crippen LogP) is 3.50. The number of aliphatic carboxylic acids is 1. The first-order valence-electron chi connectivity index (χ1n) is 6.42. The third-order valence-electron chi connectivity index (χ3n) is 3.18. The molecule has 20 heavy (non-hydrogen) atoms. The molecule has 0 fully saturated rings. The molecule has 0 spiro atoms. The van der Waals surface area contributed by atoms with Gasteiger partial charge in [0.05, 0.1) is 0 Å². The first-order chi connectivity index (χ1) is 9.51. The summed E-state index contributed by atoms with van der Waals surface area (Å²) < 4.78 is 13.9. The third-order valence-corrected chi connectivity index (χ3v) is 3.90. The second kappa shape index (κ2) is 7.94. The van der Waals surface area contributed by atoms with Gasteiger partial charge >= 0.3 is 5.97 Å². The molecule has 0 saturated heterocycles. The summed E-state index contributed by atoms with van der Waals surface area (Å²) in [4.78, 5) is 12.6. The highest BCUT2D eigenvalue weighted by Gasteiger charge is 2.16. The molecule has 3 nitrogen and oxygen atoms in total. The van der Waals surface area contributed by atoms with E-state index >= 15 is 0 Å². The summed E-state index contributed by atoms with van der Waals surface area (Å²) in [6.45, 7) is 2.09. The second-order valence-corrected chi connectivity index (χ2v) is 5.38. The first kappa shape index (κ1) is 16.6. The van der Waals surface area contributed by atoms with Gasteiger partial charge < -0.3 is 10.0 Å². The normalized spacial score (nSPS) is 12.6. The molecule has 0 aliphatic carbocycles. The van der Waals surface area contributed by atoms with Gasteiger partial charge in [-0.25, -0.2) is 9.18 Å². The Morgan fingerprint density at radius 3 is 2.80 bits per heavy atom. The lowest BCUT2D eigenvalue weighted by Crippen LogP contribution is -2.33. The lowest BCUT2D eigenvalue weighted by Gasteiger charge is -2.30. The van der Waals surface area contributed by atoms with Gasteiger partial charge in [-0.3, -0.25) is 0 Å². The highest BCUT2D eigenvalue weighted by Crippen LogP contribution is 2.26. The van der Waals surface area contributed by atoms with Crippen LogP contribution < -0.4 is 4.90 Å². The van der Waals surface area contributed by atoms with Crippen LogP contribution in [-0.2, 0) is 4.79 Å². The van der Waals surface area contributed by atoms with Crippen LogP contribution >= 0.6 is 11.8 Å². The topological polar surface area (TPSA) is 40.5 Å². The number of thioether (sulfide) groups is 1. The minimum absolute atomic E-state index is 0.281. The molecule has 1 atom stereocenters. The van der Waals surface area contributed by atoms with Gasteiger partial charge in [-0.05, 0) is 30.9 Å². The Kier molecular flexibility index (Phi) is 6.58. The summed E-state index contributed by atoms with van der Waals surface area (Å²) in [6, 6.07) is 5.08. The van der Waals surface area contributed by atoms with E-state index in [1.54, 1.807) is 17.8 Å². The highest BCUT2D eigenvalue weighted by molar-refractivity contribution is 7.98. The lowest BCUT2D eigenvalue weighted by molar-refractivity contribution is -0.131. The van der Waals surface area contributed by atoms with Crippen molar-refractivity contribution in [3.8, 4) is 0 Å². The van der Waals surface area contributed by atoms with Crippen molar-refractivity contribution in [2.24, 2.45) is 0 Å². The molecule has 1 unspecified atom stereocenters. The molecule has 1 N–H and O–H groups in total. The first-order valence-corrected chi connectivity index (χ1v) is 7.81. The molecule has 1 aromatic rings. The number of hydrogen-bond donors (Lipinski definition) is 1. The van der Waals surface area contributed by atoms with E-state index in [2.05, 4.69) is 6.92 Å². The number of carboxylic acids is 1. The van der Waals surface area contributed by atoms with Crippen LogP contribution in [0.1, 0.15) is 18.9 Å². The van der Waals surface area contributed by atoms with Crippen molar-refractivity contribution in [3.05, 3.63) is 35.7 Å². The van der Waals surface area contributed by atoms with Crippen molar-refractivity contribution in [1.29, 1.82) is 0 Å². The SMILES string of the molecule is CCC(CSC)N(C)c1cccc(F)c1/C=C/C(=O)O. The van der Waals surface area contributed by atoms with Gasteiger partial charge in [-0.2, -0.15) is 11.8 Å². The van der Waals surface area contributed by atoms with Crippen molar-refractivity contribution in [1.82, 2.24) is 0 Å². The number of carbonyl (C=O) groups is 1. The number of anilines is 1. The molecule has 0 heterocycles. The Bertz CT molecular complexity index is 491. The standard InChI is InChI=1S/C15H20FNO2S/c1-4-11(10-20-3)17(2)14-7-5-6-13(16)12(14)8-9-15(18)19/h5-9,11H,4,10H2,1-3H3,(H,18,19)/b9-8+. The summed E-state index contributed by atoms with van der Waals surface area (Å²) >= 11 is 1.74. The minimum atomic E-state index is -1.09. The molecule has 0 aliphatic heterocycles. The van der Waals surface area contributed by atoms with Gasteiger partial charge in [0.2, 0.25) is 0 Å². The van der Waals surface area contributed by atoms with E-state index in [1.807, 2.05) is 24.3 Å². The van der Waals surface area contributed by atoms with Crippen LogP contribution in [-0.4, -0.2) is 36.2 Å². The second-order valence-electron chi connectivity index (χ2n) is 4.47. The van der Waals surface area contributed by atoms with Crippen molar-refractivity contribution in [2.45, 2.75) is 19.4 Å². The summed E-state index contributed by atoms with van der Waals surface area (Å²) in [6.07, 6.45) is 5.25. The quantitative estimate of drug-likeness (QED) is 0.782. The van der Waals surface area contributed by atoms with Crippen LogP contribution in [0.5, 0.6) is 0 Å². The number of nitrogens with zero attached hydrogens (tertiary/aromatic N) is 1. The molecule has 0 aliphatic rings. The van der Waals surface area contributed by atoms with Gasteiger partial charge in [0.15, 0.2) is 0 Å². The fourth-order valence-electron chi connectivity index (χ4n) is 2.05. The predicted molar refractivity (Wildman–Crippen MR) is 83.9 cm³/mol. The third kappa shape index (κ3) is 4.27. The maximum atomic E-state index is 13.9. The summed E-state index contributed by atoms with van der Waals surface area (Å²) in [5.41, 5.74) is 1.03. The van der Waals surface area contributed by atoms with Crippen molar-refractivity contribution >= 4 is 29.5 Å². The number of halogens is 1. The highest BCUT2D eigenvalue weighted by atomic mass is 32.2. The molecule has 0 aromatic heterocycles. The monoisotopic (exact) mass is 297 g/mol. The smallest absolute Gasteiger partial charge is 0.328 e. The van der Waals surface area contributed by atoms with Gasteiger partial charge in [0, 0.05) is 36.2 Å². The average Bonchev–Trinajstić information content (AvgIpc) is 2.42. The number of benzene rings is 1. The van der Waals surface area contributed by atoms with Crippen LogP contribution in [0.15, 0.2) is 24.3 Å². The molecule has 0 bridgehead atoms. The number of rotatable bonds is 7. The summed E-state index contributed by atoms with van der Waals surface area (Å²) in [5, 5.41) is 8.71. The Hall–Kier alpha value is -1.49. The fourth-order valence-corrected chi connectivity index (χ4v) is 2.89. The molecular weight excluding hydrogens is 277 g/mol. The minimum Gasteiger partial charge on any atom is -0.478 e. The van der Waals surface area contributed by atoms with Crippen molar-refractivity contribution in [2.75, 3.05) is 24.0 Å². The van der Waals surface area contributed by atoms with Crippen LogP contribution in [0.2, 0.25) is 0 Å². The van der Waals surface area contributed by atoms with Gasteiger partial charge in [-0.15, -0.1) is 0 Å². The molecular formula is C15H20FNO2S. The van der Waals surface area contributed by atoms with Gasteiger partial charge in [0.1, 0.15) is 5.82 Å². The zero-order chi connectivity index (χ0) is 15.1. The summed E-state index contributed by atoms with van der Waals surface area (Å²) in [7, 11) is 1.91. The lowest BCUT2D eigenvalue weighted by atomic mass is 10.1. The van der Waals surface area contributed by atoms with Gasteiger partial charge in [0.25, 0.3) is 0 Å². The Morgan fingerprint density at radius 2 is 2.25 bits per heavy atom. The number of hydrogen-bond acceptors (Lipinski definition) is 3. The van der Waals surface area contributed by atoms with E-state index in [0.717, 1.165) is 18.2 Å². The van der Waals surface area contributed by atoms with E-state index in [0.29, 0.717) is 11.3 Å². The number of carboxylic acid groups (broad SMARTS) is 1. The maximum absolute atomic E-state index is 13.9. The van der Waals surface area contributed by atoms with E-state index in [4.69, 9.17) is 5.11 Å². The molecule has 110 valence electrons. The van der Waals surface area contributed by atoms with Crippen molar-refractivity contribution in [3.63, 3.8) is 0 Å². The Labute approximate surface area is 123 Å². The molecule has 1 rings (SSSR count). The Balaban J connectivity index is 3.16. The largest absolute Gasteiger partial charge is 0.478 e. The van der Waals surface area contributed by atoms with Crippen LogP contribution in [0.4, 0.5) is 10.1 Å². The van der Waals surface area contributed by atoms with Crippen LogP contribution in [0, 0.1) is 5.82 Å². The van der Waals surface area contributed by atoms with E-state index in [9.17, 15) is 9.18 Å². The van der Waals surface area contributed by atoms with Gasteiger partial charge in [-0.1, -0.05) is 13.0 Å². The molecule has 0 saturated carbocycles. The van der Waals surface area contributed by atoms with E-state index in [-0.39, 0.29) is 6.04 Å². The fraction of sp³-hybridized carbons (Fsp3) is 0.400.